The van der Waals surface area contributed by atoms with Crippen LogP contribution in [0.2, 0.25) is 0 Å². The summed E-state index contributed by atoms with van der Waals surface area (Å²) in [6.45, 7) is 4.47. The van der Waals surface area contributed by atoms with Crippen molar-refractivity contribution >= 4 is 28.4 Å². The SMILES string of the molecule is O=C(NCCCCC1CCN(C(=O)c2ccc(N3CC4(CCCCCCC4)CN3)cc2)CC1)c1cc2cnccc2[nH]1. The number of hydrazine groups is 1. The fraction of sp³-hybridized carbons (Fsp3) is 0.559. The van der Waals surface area contributed by atoms with Crippen molar-refractivity contribution in [2.75, 3.05) is 37.7 Å². The van der Waals surface area contributed by atoms with Crippen molar-refractivity contribution in [3.05, 3.63) is 60.0 Å². The van der Waals surface area contributed by atoms with E-state index in [0.717, 1.165) is 74.7 Å². The number of hydrogen-bond donors (Lipinski definition) is 3. The summed E-state index contributed by atoms with van der Waals surface area (Å²) < 4.78 is 0. The molecule has 2 aliphatic heterocycles. The molecule has 1 aromatic carbocycles. The molecule has 2 amide bonds. The van der Waals surface area contributed by atoms with Gasteiger partial charge >= 0.3 is 0 Å². The van der Waals surface area contributed by atoms with E-state index in [1.165, 1.54) is 50.6 Å². The zero-order valence-electron chi connectivity index (χ0n) is 24.9. The highest BCUT2D eigenvalue weighted by Crippen LogP contribution is 2.38. The van der Waals surface area contributed by atoms with Crippen molar-refractivity contribution in [1.82, 2.24) is 25.6 Å². The molecule has 1 aliphatic carbocycles. The first-order chi connectivity index (χ1) is 20.6. The fourth-order valence-electron chi connectivity index (χ4n) is 7.22. The molecular formula is C34H46N6O2. The number of amides is 2. The zero-order valence-corrected chi connectivity index (χ0v) is 24.9. The molecule has 3 aliphatic rings. The Labute approximate surface area is 249 Å². The standard InChI is InChI=1S/C34H46N6O2/c41-32(31-22-28-23-35-19-13-30(28)38-31)36-18-7-4-8-26-14-20-39(21-15-26)33(42)27-9-11-29(12-10-27)40-25-34(24-37-40)16-5-2-1-3-6-17-34/h9-13,19,22-23,26,37-38H,1-8,14-18,20-21,24-25H2,(H,36,41). The molecule has 0 bridgehead atoms. The third-order valence-corrected chi connectivity index (χ3v) is 9.87. The van der Waals surface area contributed by atoms with E-state index < -0.39 is 0 Å². The van der Waals surface area contributed by atoms with Gasteiger partial charge in [-0.2, -0.15) is 0 Å². The second-order valence-corrected chi connectivity index (χ2v) is 12.9. The minimum absolute atomic E-state index is 0.0679. The third-order valence-electron chi connectivity index (χ3n) is 9.87. The van der Waals surface area contributed by atoms with E-state index >= 15 is 0 Å². The summed E-state index contributed by atoms with van der Waals surface area (Å²) in [6.07, 6.45) is 18.3. The van der Waals surface area contributed by atoms with Gasteiger partial charge < -0.3 is 20.2 Å². The molecule has 2 saturated heterocycles. The monoisotopic (exact) mass is 570 g/mol. The number of aromatic amines is 1. The second-order valence-electron chi connectivity index (χ2n) is 12.9. The minimum Gasteiger partial charge on any atom is -0.351 e. The van der Waals surface area contributed by atoms with Crippen LogP contribution in [0, 0.1) is 11.3 Å². The number of nitrogens with zero attached hydrogens (tertiary/aromatic N) is 3. The fourth-order valence-corrected chi connectivity index (χ4v) is 7.22. The van der Waals surface area contributed by atoms with Crippen LogP contribution in [0.15, 0.2) is 48.8 Å². The zero-order chi connectivity index (χ0) is 28.8. The normalized spacial score (nSPS) is 19.6. The van der Waals surface area contributed by atoms with Crippen LogP contribution in [0.3, 0.4) is 0 Å². The Morgan fingerprint density at radius 1 is 0.976 bits per heavy atom. The lowest BCUT2D eigenvalue weighted by Gasteiger charge is -2.32. The molecule has 1 spiro atoms. The number of H-pyrrole nitrogens is 1. The number of carbonyl (C=O) groups is 2. The van der Waals surface area contributed by atoms with Crippen LogP contribution < -0.4 is 15.8 Å². The van der Waals surface area contributed by atoms with E-state index in [1.54, 1.807) is 12.4 Å². The average molecular weight is 571 g/mol. The van der Waals surface area contributed by atoms with E-state index in [9.17, 15) is 9.59 Å². The maximum Gasteiger partial charge on any atom is 0.267 e. The first kappa shape index (κ1) is 28.7. The van der Waals surface area contributed by atoms with E-state index in [1.807, 2.05) is 29.2 Å². The van der Waals surface area contributed by atoms with E-state index in [-0.39, 0.29) is 11.8 Å². The number of anilines is 1. The Bertz CT molecular complexity index is 1300. The van der Waals surface area contributed by atoms with Gasteiger partial charge in [0.1, 0.15) is 5.69 Å². The van der Waals surface area contributed by atoms with Gasteiger partial charge in [0.25, 0.3) is 11.8 Å². The minimum atomic E-state index is -0.0679. The second kappa shape index (κ2) is 13.3. The number of likely N-dealkylation sites (tertiary alicyclic amines) is 1. The smallest absolute Gasteiger partial charge is 0.267 e. The number of pyridine rings is 1. The lowest BCUT2D eigenvalue weighted by molar-refractivity contribution is 0.0685. The highest BCUT2D eigenvalue weighted by molar-refractivity contribution is 5.97. The summed E-state index contributed by atoms with van der Waals surface area (Å²) in [5.74, 6) is 0.734. The predicted octanol–water partition coefficient (Wildman–Crippen LogP) is 6.07. The highest BCUT2D eigenvalue weighted by atomic mass is 16.2. The number of hydrogen-bond acceptors (Lipinski definition) is 5. The van der Waals surface area contributed by atoms with E-state index in [2.05, 4.69) is 37.9 Å². The van der Waals surface area contributed by atoms with Crippen molar-refractivity contribution in [3.8, 4) is 0 Å². The van der Waals surface area contributed by atoms with Crippen molar-refractivity contribution in [3.63, 3.8) is 0 Å². The molecule has 6 rings (SSSR count). The van der Waals surface area contributed by atoms with Crippen LogP contribution in [0.5, 0.6) is 0 Å². The number of fused-ring (bicyclic) bond motifs is 1. The Morgan fingerprint density at radius 2 is 1.74 bits per heavy atom. The van der Waals surface area contributed by atoms with Gasteiger partial charge in [0.2, 0.25) is 0 Å². The number of piperidine rings is 1. The van der Waals surface area contributed by atoms with Gasteiger partial charge in [-0.05, 0) is 74.4 Å². The molecular weight excluding hydrogens is 524 g/mol. The van der Waals surface area contributed by atoms with Crippen molar-refractivity contribution in [2.24, 2.45) is 11.3 Å². The molecule has 1 saturated carbocycles. The molecule has 0 atom stereocenters. The van der Waals surface area contributed by atoms with Crippen LogP contribution in [-0.4, -0.2) is 59.4 Å². The van der Waals surface area contributed by atoms with Gasteiger partial charge in [0.15, 0.2) is 0 Å². The largest absolute Gasteiger partial charge is 0.351 e. The molecule has 3 fully saturated rings. The van der Waals surface area contributed by atoms with Crippen LogP contribution in [0.25, 0.3) is 10.9 Å². The quantitative estimate of drug-likeness (QED) is 0.286. The first-order valence-electron chi connectivity index (χ1n) is 16.2. The van der Waals surface area contributed by atoms with Crippen molar-refractivity contribution in [2.45, 2.75) is 77.0 Å². The number of nitrogens with one attached hydrogen (secondary N) is 3. The highest BCUT2D eigenvalue weighted by Gasteiger charge is 2.38. The summed E-state index contributed by atoms with van der Waals surface area (Å²) in [7, 11) is 0. The van der Waals surface area contributed by atoms with Gasteiger partial charge in [-0.15, -0.1) is 0 Å². The Morgan fingerprint density at radius 3 is 2.50 bits per heavy atom. The number of carbonyl (C=O) groups excluding carboxylic acids is 2. The molecule has 3 aromatic rings. The van der Waals surface area contributed by atoms with Crippen molar-refractivity contribution in [1.29, 1.82) is 0 Å². The Hall–Kier alpha value is -3.39. The Balaban J connectivity index is 0.894. The maximum absolute atomic E-state index is 13.2. The maximum atomic E-state index is 13.2. The summed E-state index contributed by atoms with van der Waals surface area (Å²) in [5.41, 5.74) is 7.52. The molecule has 8 heteroatoms. The van der Waals surface area contributed by atoms with Crippen LogP contribution >= 0.6 is 0 Å². The lowest BCUT2D eigenvalue weighted by Crippen LogP contribution is -2.38. The van der Waals surface area contributed by atoms with E-state index in [4.69, 9.17) is 0 Å². The van der Waals surface area contributed by atoms with Gasteiger partial charge in [-0.25, -0.2) is 5.43 Å². The van der Waals surface area contributed by atoms with Crippen molar-refractivity contribution < 1.29 is 9.59 Å². The average Bonchev–Trinajstić information content (AvgIpc) is 3.65. The molecule has 0 radical (unpaired) electrons. The molecule has 0 unspecified atom stereocenters. The van der Waals surface area contributed by atoms with Gasteiger partial charge in [-0.1, -0.05) is 44.9 Å². The first-order valence-corrected chi connectivity index (χ1v) is 16.2. The molecule has 2 aromatic heterocycles. The molecule has 224 valence electrons. The summed E-state index contributed by atoms with van der Waals surface area (Å²) in [5, 5.41) is 6.29. The lowest BCUT2D eigenvalue weighted by atomic mass is 9.77. The molecule has 8 nitrogen and oxygen atoms in total. The van der Waals surface area contributed by atoms with Crippen LogP contribution in [0.4, 0.5) is 5.69 Å². The van der Waals surface area contributed by atoms with Gasteiger partial charge in [0.05, 0.1) is 5.69 Å². The predicted molar refractivity (Wildman–Crippen MR) is 167 cm³/mol. The van der Waals surface area contributed by atoms with Crippen LogP contribution in [-0.2, 0) is 0 Å². The summed E-state index contributed by atoms with van der Waals surface area (Å²) in [4.78, 5) is 35.0. The van der Waals surface area contributed by atoms with E-state index in [0.29, 0.717) is 23.6 Å². The van der Waals surface area contributed by atoms with Gasteiger partial charge in [0, 0.05) is 67.0 Å². The number of benzene rings is 1. The Kier molecular flexibility index (Phi) is 9.08. The topological polar surface area (TPSA) is 93.4 Å². The number of unbranched alkanes of at least 4 members (excludes halogenated alkanes) is 1. The molecule has 4 heterocycles. The number of rotatable bonds is 8. The van der Waals surface area contributed by atoms with Gasteiger partial charge in [-0.3, -0.25) is 14.6 Å². The molecule has 42 heavy (non-hydrogen) atoms. The number of aromatic nitrogens is 2. The summed E-state index contributed by atoms with van der Waals surface area (Å²) in [6, 6.07) is 12.0. The third kappa shape index (κ3) is 6.80. The summed E-state index contributed by atoms with van der Waals surface area (Å²) >= 11 is 0. The molecule has 3 N–H and O–H groups in total. The van der Waals surface area contributed by atoms with Crippen LogP contribution in [0.1, 0.15) is 97.9 Å².